The summed E-state index contributed by atoms with van der Waals surface area (Å²) in [5.41, 5.74) is 2.28. The molecule has 0 N–H and O–H groups in total. The van der Waals surface area contributed by atoms with Crippen LogP contribution in [0.15, 0.2) is 48.5 Å². The van der Waals surface area contributed by atoms with Gasteiger partial charge in [-0.25, -0.2) is 0 Å². The highest BCUT2D eigenvalue weighted by Crippen LogP contribution is 2.22. The van der Waals surface area contributed by atoms with Crippen molar-refractivity contribution in [3.05, 3.63) is 65.2 Å². The molecular weight excluding hydrogens is 522 g/mol. The van der Waals surface area contributed by atoms with Crippen LogP contribution in [0, 0.1) is 0 Å². The molecule has 41 heavy (non-hydrogen) atoms. The second-order valence-electron chi connectivity index (χ2n) is 10.1. The minimum Gasteiger partial charge on any atom is -0.491 e. The first-order valence-corrected chi connectivity index (χ1v) is 15.2. The van der Waals surface area contributed by atoms with Crippen LogP contribution in [0.4, 0.5) is 0 Å². The van der Waals surface area contributed by atoms with E-state index < -0.39 is 0 Å². The Kier molecular flexibility index (Phi) is 16.1. The monoisotopic (exact) mass is 569 g/mol. The zero-order valence-corrected chi connectivity index (χ0v) is 24.7. The molecule has 0 fully saturated rings. The smallest absolute Gasteiger partial charge is 0.261 e. The third-order valence-corrected chi connectivity index (χ3v) is 6.94. The zero-order chi connectivity index (χ0) is 29.0. The molecule has 0 saturated heterocycles. The Labute approximate surface area is 245 Å². The minimum atomic E-state index is -0.266. The Morgan fingerprint density at radius 2 is 1.05 bits per heavy atom. The van der Waals surface area contributed by atoms with Crippen molar-refractivity contribution in [3.8, 4) is 5.75 Å². The van der Waals surface area contributed by atoms with Crippen molar-refractivity contribution in [2.24, 2.45) is 0 Å². The first kappa shape index (κ1) is 32.7. The first-order chi connectivity index (χ1) is 20.2. The zero-order valence-electron chi connectivity index (χ0n) is 24.7. The van der Waals surface area contributed by atoms with Crippen molar-refractivity contribution in [3.63, 3.8) is 0 Å². The van der Waals surface area contributed by atoms with Crippen LogP contribution >= 0.6 is 0 Å². The number of fused-ring (bicyclic) bond motifs is 1. The van der Waals surface area contributed by atoms with E-state index in [2.05, 4.69) is 19.1 Å². The maximum Gasteiger partial charge on any atom is 0.261 e. The van der Waals surface area contributed by atoms with E-state index in [9.17, 15) is 9.59 Å². The molecule has 0 radical (unpaired) electrons. The Morgan fingerprint density at radius 3 is 1.61 bits per heavy atom. The summed E-state index contributed by atoms with van der Waals surface area (Å²) in [7, 11) is 0. The molecule has 2 amide bonds. The van der Waals surface area contributed by atoms with Crippen molar-refractivity contribution in [1.29, 1.82) is 0 Å². The van der Waals surface area contributed by atoms with Crippen LogP contribution in [0.25, 0.3) is 0 Å². The number of amides is 2. The van der Waals surface area contributed by atoms with Crippen molar-refractivity contribution in [2.45, 2.75) is 58.3 Å². The molecule has 2 aromatic rings. The van der Waals surface area contributed by atoms with E-state index in [-0.39, 0.29) is 25.0 Å². The SMILES string of the molecule is CCCCCCCCCc1ccc(OCCOCCOCCOCCOCCN2C(=O)c3ccccc3C2=O)cc1. The number of ether oxygens (including phenoxy) is 5. The lowest BCUT2D eigenvalue weighted by atomic mass is 10.0. The second kappa shape index (κ2) is 20.2. The number of aryl methyl sites for hydroxylation is 1. The summed E-state index contributed by atoms with van der Waals surface area (Å²) in [4.78, 5) is 25.8. The van der Waals surface area contributed by atoms with E-state index in [0.717, 1.165) is 12.2 Å². The van der Waals surface area contributed by atoms with Gasteiger partial charge in [-0.1, -0.05) is 69.7 Å². The lowest BCUT2D eigenvalue weighted by molar-refractivity contribution is -0.00577. The van der Waals surface area contributed by atoms with Crippen molar-refractivity contribution in [2.75, 3.05) is 66.0 Å². The Bertz CT molecular complexity index is 976. The summed E-state index contributed by atoms with van der Waals surface area (Å²) in [5, 5.41) is 0. The quantitative estimate of drug-likeness (QED) is 0.118. The first-order valence-electron chi connectivity index (χ1n) is 15.2. The van der Waals surface area contributed by atoms with Crippen LogP contribution in [0.3, 0.4) is 0 Å². The number of imide groups is 1. The fourth-order valence-corrected chi connectivity index (χ4v) is 4.62. The van der Waals surface area contributed by atoms with Crippen LogP contribution in [0.2, 0.25) is 0 Å². The van der Waals surface area contributed by atoms with Crippen molar-refractivity contribution < 1.29 is 33.3 Å². The van der Waals surface area contributed by atoms with E-state index >= 15 is 0 Å². The van der Waals surface area contributed by atoms with Crippen LogP contribution in [0.5, 0.6) is 5.75 Å². The number of nitrogens with zero attached hydrogens (tertiary/aromatic N) is 1. The summed E-state index contributed by atoms with van der Waals surface area (Å²) in [6, 6.07) is 15.3. The van der Waals surface area contributed by atoms with Gasteiger partial charge in [0.15, 0.2) is 0 Å². The molecule has 0 unspecified atom stereocenters. The number of carbonyl (C=O) groups is 2. The van der Waals surface area contributed by atoms with E-state index in [1.165, 1.54) is 55.4 Å². The van der Waals surface area contributed by atoms with Gasteiger partial charge in [0.1, 0.15) is 12.4 Å². The summed E-state index contributed by atoms with van der Waals surface area (Å²) in [5.74, 6) is 0.342. The van der Waals surface area contributed by atoms with Crippen LogP contribution in [0.1, 0.15) is 78.1 Å². The van der Waals surface area contributed by atoms with E-state index in [1.807, 2.05) is 12.1 Å². The standard InChI is InChI=1S/C33H47NO7/c1-2-3-4-5-6-7-8-11-28-14-16-29(17-15-28)41-27-26-40-25-24-39-23-22-38-21-20-37-19-18-34-32(35)30-12-9-10-13-31(30)33(34)36/h9-10,12-17H,2-8,11,18-27H2,1H3. The molecule has 226 valence electrons. The van der Waals surface area contributed by atoms with Gasteiger partial charge in [0, 0.05) is 0 Å². The number of hydrogen-bond donors (Lipinski definition) is 0. The van der Waals surface area contributed by atoms with Gasteiger partial charge in [0.2, 0.25) is 0 Å². The van der Waals surface area contributed by atoms with Gasteiger partial charge in [-0.05, 0) is 42.7 Å². The number of unbranched alkanes of at least 4 members (excludes halogenated alkanes) is 6. The van der Waals surface area contributed by atoms with E-state index in [4.69, 9.17) is 23.7 Å². The third-order valence-electron chi connectivity index (χ3n) is 6.94. The number of hydrogen-bond acceptors (Lipinski definition) is 7. The largest absolute Gasteiger partial charge is 0.491 e. The summed E-state index contributed by atoms with van der Waals surface area (Å²) in [6.07, 6.45) is 10.5. The molecule has 0 bridgehead atoms. The van der Waals surface area contributed by atoms with Gasteiger partial charge >= 0.3 is 0 Å². The Hall–Kier alpha value is -2.78. The molecule has 8 heteroatoms. The maximum absolute atomic E-state index is 12.3. The topological polar surface area (TPSA) is 83.5 Å². The molecule has 0 aromatic heterocycles. The van der Waals surface area contributed by atoms with Crippen molar-refractivity contribution >= 4 is 11.8 Å². The van der Waals surface area contributed by atoms with Crippen LogP contribution in [-0.2, 0) is 25.4 Å². The molecule has 0 saturated carbocycles. The number of benzene rings is 2. The second-order valence-corrected chi connectivity index (χ2v) is 10.1. The van der Waals surface area contributed by atoms with E-state index in [0.29, 0.717) is 64.0 Å². The van der Waals surface area contributed by atoms with Gasteiger partial charge < -0.3 is 23.7 Å². The molecule has 8 nitrogen and oxygen atoms in total. The predicted molar refractivity (Wildman–Crippen MR) is 159 cm³/mol. The lowest BCUT2D eigenvalue weighted by Crippen LogP contribution is -2.33. The average Bonchev–Trinajstić information content (AvgIpc) is 3.24. The normalized spacial score (nSPS) is 12.8. The highest BCUT2D eigenvalue weighted by atomic mass is 16.6. The number of carbonyl (C=O) groups excluding carboxylic acids is 2. The summed E-state index contributed by atoms with van der Waals surface area (Å²) in [6.45, 7) is 6.50. The number of rotatable bonds is 24. The summed E-state index contributed by atoms with van der Waals surface area (Å²) >= 11 is 0. The van der Waals surface area contributed by atoms with Crippen LogP contribution in [-0.4, -0.2) is 82.7 Å². The molecule has 0 atom stereocenters. The van der Waals surface area contributed by atoms with Crippen LogP contribution < -0.4 is 4.74 Å². The molecule has 0 aliphatic carbocycles. The van der Waals surface area contributed by atoms with Gasteiger partial charge in [0.25, 0.3) is 11.8 Å². The van der Waals surface area contributed by atoms with Gasteiger partial charge in [-0.2, -0.15) is 0 Å². The Morgan fingerprint density at radius 1 is 0.561 bits per heavy atom. The van der Waals surface area contributed by atoms with Gasteiger partial charge in [-0.15, -0.1) is 0 Å². The predicted octanol–water partition coefficient (Wildman–Crippen LogP) is 5.72. The molecule has 0 spiro atoms. The molecular formula is C33H47NO7. The molecule has 3 rings (SSSR count). The Balaban J connectivity index is 1.06. The molecule has 1 aliphatic heterocycles. The molecule has 2 aromatic carbocycles. The summed E-state index contributed by atoms with van der Waals surface area (Å²) < 4.78 is 27.8. The lowest BCUT2D eigenvalue weighted by Gasteiger charge is -2.13. The van der Waals surface area contributed by atoms with Gasteiger partial charge in [-0.3, -0.25) is 14.5 Å². The van der Waals surface area contributed by atoms with E-state index in [1.54, 1.807) is 24.3 Å². The highest BCUT2D eigenvalue weighted by molar-refractivity contribution is 6.21. The van der Waals surface area contributed by atoms with Crippen molar-refractivity contribution in [1.82, 2.24) is 4.90 Å². The molecule has 1 heterocycles. The third kappa shape index (κ3) is 12.3. The fraction of sp³-hybridized carbons (Fsp3) is 0.576. The van der Waals surface area contributed by atoms with Gasteiger partial charge in [0.05, 0.1) is 70.5 Å². The highest BCUT2D eigenvalue weighted by Gasteiger charge is 2.34. The maximum atomic E-state index is 12.3. The minimum absolute atomic E-state index is 0.228. The molecule has 1 aliphatic rings. The fourth-order valence-electron chi connectivity index (χ4n) is 4.62. The average molecular weight is 570 g/mol.